The van der Waals surface area contributed by atoms with E-state index in [1.807, 2.05) is 54.7 Å². The molecule has 1 atom stereocenters. The van der Waals surface area contributed by atoms with Crippen molar-refractivity contribution in [2.45, 2.75) is 19.3 Å². The molecule has 0 radical (unpaired) electrons. The van der Waals surface area contributed by atoms with Crippen molar-refractivity contribution in [2.75, 3.05) is 10.6 Å². The van der Waals surface area contributed by atoms with Crippen LogP contribution in [0.3, 0.4) is 0 Å². The number of carbonyl (C=O) groups excluding carboxylic acids is 1. The third-order valence-corrected chi connectivity index (χ3v) is 6.11. The number of aromatic amines is 1. The average molecular weight is 466 g/mol. The second-order valence-corrected chi connectivity index (χ2v) is 8.26. The van der Waals surface area contributed by atoms with Gasteiger partial charge in [0.15, 0.2) is 0 Å². The summed E-state index contributed by atoms with van der Waals surface area (Å²) in [5, 5.41) is 17.7. The van der Waals surface area contributed by atoms with Crippen molar-refractivity contribution < 1.29 is 9.72 Å². The van der Waals surface area contributed by atoms with Crippen LogP contribution < -0.4 is 10.6 Å². The standard InChI is InChI=1S/C27H23N5O3/c1-2-21(24-15-28-16-29-24)18-9-6-10-19(13-18)30-26(17-7-4-3-5-8-17)25-22-14-20(32(34)35)11-12-23(22)31-27(25)33/h3-16,21,30H,2H2,1H3,(H,28,29)(H,31,33). The first-order valence-electron chi connectivity index (χ1n) is 11.3. The fourth-order valence-electron chi connectivity index (χ4n) is 4.46. The molecule has 1 amide bonds. The molecule has 2 heterocycles. The zero-order valence-electron chi connectivity index (χ0n) is 19.0. The smallest absolute Gasteiger partial charge is 0.270 e. The quantitative estimate of drug-likeness (QED) is 0.182. The van der Waals surface area contributed by atoms with E-state index in [1.165, 1.54) is 12.1 Å². The Balaban J connectivity index is 1.62. The molecular weight excluding hydrogens is 442 g/mol. The number of rotatable bonds is 7. The van der Waals surface area contributed by atoms with Gasteiger partial charge in [0, 0.05) is 41.2 Å². The number of hydrogen-bond acceptors (Lipinski definition) is 5. The second-order valence-electron chi connectivity index (χ2n) is 8.26. The SMILES string of the molecule is CCC(c1cccc(NC(=C2C(=O)Nc3ccc([N+](=O)[O-])cc32)c2ccccc2)c1)c1c[nH]cn1. The molecule has 0 fully saturated rings. The molecule has 0 spiro atoms. The van der Waals surface area contributed by atoms with Crippen LogP contribution in [-0.2, 0) is 4.79 Å². The Morgan fingerprint density at radius 2 is 1.91 bits per heavy atom. The molecule has 3 aromatic carbocycles. The highest BCUT2D eigenvalue weighted by Gasteiger charge is 2.30. The van der Waals surface area contributed by atoms with E-state index in [2.05, 4.69) is 33.6 Å². The number of aromatic nitrogens is 2. The van der Waals surface area contributed by atoms with Gasteiger partial charge in [0.05, 0.1) is 28.2 Å². The molecule has 8 nitrogen and oxygen atoms in total. The molecule has 0 saturated carbocycles. The number of anilines is 2. The maximum absolute atomic E-state index is 13.1. The second kappa shape index (κ2) is 9.26. The predicted octanol–water partition coefficient (Wildman–Crippen LogP) is 5.79. The van der Waals surface area contributed by atoms with E-state index < -0.39 is 4.92 Å². The lowest BCUT2D eigenvalue weighted by Gasteiger charge is -2.18. The maximum atomic E-state index is 13.1. The van der Waals surface area contributed by atoms with Crippen LogP contribution in [-0.4, -0.2) is 20.8 Å². The number of fused-ring (bicyclic) bond motifs is 1. The van der Waals surface area contributed by atoms with E-state index in [1.54, 1.807) is 12.4 Å². The third-order valence-electron chi connectivity index (χ3n) is 6.11. The first-order chi connectivity index (χ1) is 17.0. The van der Waals surface area contributed by atoms with Crippen molar-refractivity contribution in [3.8, 4) is 0 Å². The normalized spacial score (nSPS) is 14.7. The summed E-state index contributed by atoms with van der Waals surface area (Å²) < 4.78 is 0. The van der Waals surface area contributed by atoms with Crippen LogP contribution in [0.2, 0.25) is 0 Å². The number of hydrogen-bond donors (Lipinski definition) is 3. The Morgan fingerprint density at radius 3 is 2.63 bits per heavy atom. The molecule has 0 bridgehead atoms. The van der Waals surface area contributed by atoms with Crippen molar-refractivity contribution in [3.63, 3.8) is 0 Å². The summed E-state index contributed by atoms with van der Waals surface area (Å²) in [6.07, 6.45) is 4.45. The number of nitrogens with one attached hydrogen (secondary N) is 3. The van der Waals surface area contributed by atoms with Gasteiger partial charge in [-0.15, -0.1) is 0 Å². The number of nitrogens with zero attached hydrogens (tertiary/aromatic N) is 2. The van der Waals surface area contributed by atoms with E-state index in [0.717, 1.165) is 28.9 Å². The van der Waals surface area contributed by atoms with Crippen LogP contribution in [0.5, 0.6) is 0 Å². The van der Waals surface area contributed by atoms with Crippen molar-refractivity contribution in [3.05, 3.63) is 118 Å². The summed E-state index contributed by atoms with van der Waals surface area (Å²) in [5.41, 5.74) is 5.55. The fraction of sp³-hybridized carbons (Fsp3) is 0.111. The number of nitro groups is 1. The number of imidazole rings is 1. The highest BCUT2D eigenvalue weighted by Crippen LogP contribution is 2.39. The molecule has 1 aliphatic heterocycles. The Morgan fingerprint density at radius 1 is 1.09 bits per heavy atom. The van der Waals surface area contributed by atoms with Crippen LogP contribution in [0, 0.1) is 10.1 Å². The predicted molar refractivity (Wildman–Crippen MR) is 136 cm³/mol. The van der Waals surface area contributed by atoms with Gasteiger partial charge in [-0.25, -0.2) is 4.98 Å². The lowest BCUT2D eigenvalue weighted by atomic mass is 9.93. The molecular formula is C27H23N5O3. The highest BCUT2D eigenvalue weighted by molar-refractivity contribution is 6.37. The summed E-state index contributed by atoms with van der Waals surface area (Å²) >= 11 is 0. The van der Waals surface area contributed by atoms with Gasteiger partial charge in [-0.3, -0.25) is 14.9 Å². The lowest BCUT2D eigenvalue weighted by molar-refractivity contribution is -0.384. The van der Waals surface area contributed by atoms with Gasteiger partial charge in [0.1, 0.15) is 0 Å². The van der Waals surface area contributed by atoms with Crippen LogP contribution >= 0.6 is 0 Å². The highest BCUT2D eigenvalue weighted by atomic mass is 16.6. The number of H-pyrrole nitrogens is 1. The Bertz CT molecular complexity index is 1430. The van der Waals surface area contributed by atoms with E-state index in [9.17, 15) is 14.9 Å². The first-order valence-corrected chi connectivity index (χ1v) is 11.3. The third kappa shape index (κ3) is 4.29. The van der Waals surface area contributed by atoms with Crippen LogP contribution in [0.25, 0.3) is 11.3 Å². The molecule has 8 heteroatoms. The first kappa shape index (κ1) is 22.1. The van der Waals surface area contributed by atoms with Crippen molar-refractivity contribution in [2.24, 2.45) is 0 Å². The minimum atomic E-state index is -0.459. The zero-order valence-corrected chi connectivity index (χ0v) is 19.0. The average Bonchev–Trinajstić information content (AvgIpc) is 3.51. The summed E-state index contributed by atoms with van der Waals surface area (Å²) in [4.78, 5) is 31.5. The van der Waals surface area contributed by atoms with Crippen molar-refractivity contribution >= 4 is 34.2 Å². The molecule has 1 aliphatic rings. The molecule has 0 saturated heterocycles. The Labute approximate surface area is 201 Å². The maximum Gasteiger partial charge on any atom is 0.270 e. The Kier molecular flexibility index (Phi) is 5.85. The summed E-state index contributed by atoms with van der Waals surface area (Å²) in [6.45, 7) is 2.11. The fourth-order valence-corrected chi connectivity index (χ4v) is 4.46. The molecule has 3 N–H and O–H groups in total. The minimum Gasteiger partial charge on any atom is -0.354 e. The van der Waals surface area contributed by atoms with Gasteiger partial charge >= 0.3 is 0 Å². The van der Waals surface area contributed by atoms with Crippen molar-refractivity contribution in [1.29, 1.82) is 0 Å². The number of nitro benzene ring substituents is 1. The van der Waals surface area contributed by atoms with E-state index in [-0.39, 0.29) is 17.5 Å². The topological polar surface area (TPSA) is 113 Å². The summed E-state index contributed by atoms with van der Waals surface area (Å²) in [6, 6.07) is 21.9. The van der Waals surface area contributed by atoms with Gasteiger partial charge < -0.3 is 15.6 Å². The van der Waals surface area contributed by atoms with E-state index in [0.29, 0.717) is 22.5 Å². The van der Waals surface area contributed by atoms with Crippen molar-refractivity contribution in [1.82, 2.24) is 9.97 Å². The number of non-ortho nitro benzene ring substituents is 1. The van der Waals surface area contributed by atoms with Gasteiger partial charge in [-0.05, 0) is 35.7 Å². The minimum absolute atomic E-state index is 0.0723. The summed E-state index contributed by atoms with van der Waals surface area (Å²) in [5.74, 6) is -0.194. The monoisotopic (exact) mass is 465 g/mol. The number of amides is 1. The molecule has 174 valence electrons. The molecule has 1 unspecified atom stereocenters. The van der Waals surface area contributed by atoms with Gasteiger partial charge in [0.2, 0.25) is 0 Å². The molecule has 1 aromatic heterocycles. The largest absolute Gasteiger partial charge is 0.354 e. The van der Waals surface area contributed by atoms with Crippen LogP contribution in [0.15, 0.2) is 85.3 Å². The van der Waals surface area contributed by atoms with Crippen LogP contribution in [0.1, 0.15) is 41.6 Å². The van der Waals surface area contributed by atoms with Crippen LogP contribution in [0.4, 0.5) is 17.1 Å². The lowest BCUT2D eigenvalue weighted by Crippen LogP contribution is -2.10. The van der Waals surface area contributed by atoms with E-state index >= 15 is 0 Å². The number of carbonyl (C=O) groups is 1. The summed E-state index contributed by atoms with van der Waals surface area (Å²) in [7, 11) is 0. The molecule has 35 heavy (non-hydrogen) atoms. The van der Waals surface area contributed by atoms with Gasteiger partial charge in [-0.2, -0.15) is 0 Å². The van der Waals surface area contributed by atoms with Gasteiger partial charge in [-0.1, -0.05) is 49.4 Å². The van der Waals surface area contributed by atoms with Gasteiger partial charge in [0.25, 0.3) is 11.6 Å². The molecule has 0 aliphatic carbocycles. The van der Waals surface area contributed by atoms with E-state index in [4.69, 9.17) is 0 Å². The molecule has 4 aromatic rings. The number of benzene rings is 3. The zero-order chi connectivity index (χ0) is 24.4. The Hall–Kier alpha value is -4.72. The molecule has 5 rings (SSSR count).